The highest BCUT2D eigenvalue weighted by atomic mass is 32.2. The van der Waals surface area contributed by atoms with E-state index in [0.717, 1.165) is 11.1 Å². The average Bonchev–Trinajstić information content (AvgIpc) is 2.23. The first kappa shape index (κ1) is 14.7. The van der Waals surface area contributed by atoms with E-state index in [-0.39, 0.29) is 12.2 Å². The van der Waals surface area contributed by atoms with Crippen LogP contribution in [-0.2, 0) is 14.6 Å². The number of carbonyl (C=O) groups is 1. The maximum Gasteiger partial charge on any atom is 0.303 e. The molecule has 0 atom stereocenters. The predicted molar refractivity (Wildman–Crippen MR) is 69.5 cm³/mol. The topological polar surface area (TPSA) is 71.4 Å². The van der Waals surface area contributed by atoms with Gasteiger partial charge in [-0.05, 0) is 38.3 Å². The largest absolute Gasteiger partial charge is 0.481 e. The summed E-state index contributed by atoms with van der Waals surface area (Å²) in [4.78, 5) is 10.7. The molecule has 0 aliphatic rings. The first-order chi connectivity index (χ1) is 8.33. The molecule has 1 aromatic carbocycles. The van der Waals surface area contributed by atoms with Gasteiger partial charge in [-0.2, -0.15) is 0 Å². The van der Waals surface area contributed by atoms with E-state index in [1.165, 1.54) is 0 Å². The number of aryl methyl sites for hydroxylation is 2. The van der Waals surface area contributed by atoms with E-state index in [0.29, 0.717) is 17.7 Å². The Hall–Kier alpha value is -1.36. The second-order valence-electron chi connectivity index (χ2n) is 4.44. The Labute approximate surface area is 108 Å². The summed E-state index contributed by atoms with van der Waals surface area (Å²) in [6, 6.07) is 5.23. The van der Waals surface area contributed by atoms with Crippen LogP contribution in [0.15, 0.2) is 23.1 Å². The molecule has 1 N–H and O–H groups in total. The lowest BCUT2D eigenvalue weighted by Gasteiger charge is -2.08. The molecule has 0 amide bonds. The van der Waals surface area contributed by atoms with E-state index < -0.39 is 15.8 Å². The highest BCUT2D eigenvalue weighted by Crippen LogP contribution is 2.19. The zero-order valence-corrected chi connectivity index (χ0v) is 11.5. The third kappa shape index (κ3) is 4.14. The van der Waals surface area contributed by atoms with Crippen molar-refractivity contribution in [1.82, 2.24) is 0 Å². The van der Waals surface area contributed by atoms with Gasteiger partial charge in [-0.1, -0.05) is 17.7 Å². The SMILES string of the molecule is Cc1ccc(S(=O)(=O)CCCCC(=O)O)c(C)c1. The van der Waals surface area contributed by atoms with Crippen LogP contribution in [0.1, 0.15) is 30.4 Å². The average molecular weight is 270 g/mol. The van der Waals surface area contributed by atoms with E-state index in [1.54, 1.807) is 19.1 Å². The molecule has 0 saturated carbocycles. The molecule has 0 radical (unpaired) electrons. The van der Waals surface area contributed by atoms with Crippen LogP contribution < -0.4 is 0 Å². The summed E-state index contributed by atoms with van der Waals surface area (Å²) in [5.41, 5.74) is 1.77. The van der Waals surface area contributed by atoms with Crippen molar-refractivity contribution in [2.75, 3.05) is 5.75 Å². The molecular formula is C13H18O4S. The van der Waals surface area contributed by atoms with Crippen molar-refractivity contribution in [3.63, 3.8) is 0 Å². The van der Waals surface area contributed by atoms with Gasteiger partial charge in [0.2, 0.25) is 0 Å². The zero-order valence-electron chi connectivity index (χ0n) is 10.6. The summed E-state index contributed by atoms with van der Waals surface area (Å²) in [6.07, 6.45) is 0.782. The third-order valence-electron chi connectivity index (χ3n) is 2.72. The van der Waals surface area contributed by atoms with E-state index in [9.17, 15) is 13.2 Å². The van der Waals surface area contributed by atoms with Crippen molar-refractivity contribution >= 4 is 15.8 Å². The first-order valence-corrected chi connectivity index (χ1v) is 7.50. The number of hydrogen-bond acceptors (Lipinski definition) is 3. The number of hydrogen-bond donors (Lipinski definition) is 1. The second kappa shape index (κ2) is 6.00. The molecule has 0 aliphatic carbocycles. The Balaban J connectivity index is 2.71. The van der Waals surface area contributed by atoms with Gasteiger partial charge in [0.15, 0.2) is 9.84 Å². The lowest BCUT2D eigenvalue weighted by molar-refractivity contribution is -0.137. The molecule has 18 heavy (non-hydrogen) atoms. The van der Waals surface area contributed by atoms with Crippen LogP contribution in [0, 0.1) is 13.8 Å². The van der Waals surface area contributed by atoms with Crippen LogP contribution in [0.25, 0.3) is 0 Å². The lowest BCUT2D eigenvalue weighted by atomic mass is 10.2. The number of aliphatic carboxylic acids is 1. The third-order valence-corrected chi connectivity index (χ3v) is 4.67. The summed E-state index contributed by atoms with van der Waals surface area (Å²) >= 11 is 0. The second-order valence-corrected chi connectivity index (χ2v) is 6.52. The molecular weight excluding hydrogens is 252 g/mol. The van der Waals surface area contributed by atoms with Crippen molar-refractivity contribution in [1.29, 1.82) is 0 Å². The van der Waals surface area contributed by atoms with Gasteiger partial charge in [0.1, 0.15) is 0 Å². The fraction of sp³-hybridized carbons (Fsp3) is 0.462. The van der Waals surface area contributed by atoms with Crippen LogP contribution in [0.5, 0.6) is 0 Å². The van der Waals surface area contributed by atoms with Gasteiger partial charge in [-0.25, -0.2) is 8.42 Å². The van der Waals surface area contributed by atoms with E-state index in [2.05, 4.69) is 0 Å². The molecule has 1 aromatic rings. The van der Waals surface area contributed by atoms with Crippen LogP contribution in [0.4, 0.5) is 0 Å². The number of benzene rings is 1. The van der Waals surface area contributed by atoms with Crippen molar-refractivity contribution in [3.05, 3.63) is 29.3 Å². The van der Waals surface area contributed by atoms with Crippen LogP contribution >= 0.6 is 0 Å². The molecule has 0 fully saturated rings. The van der Waals surface area contributed by atoms with Crippen molar-refractivity contribution < 1.29 is 18.3 Å². The fourth-order valence-corrected chi connectivity index (χ4v) is 3.46. The molecule has 4 nitrogen and oxygen atoms in total. The van der Waals surface area contributed by atoms with E-state index in [4.69, 9.17) is 5.11 Å². The van der Waals surface area contributed by atoms with Crippen LogP contribution in [0.2, 0.25) is 0 Å². The standard InChI is InChI=1S/C13H18O4S/c1-10-6-7-12(11(2)9-10)18(16,17)8-4-3-5-13(14)15/h6-7,9H,3-5,8H2,1-2H3,(H,14,15). The molecule has 0 unspecified atom stereocenters. The molecule has 0 aliphatic heterocycles. The number of sulfone groups is 1. The maximum absolute atomic E-state index is 12.1. The minimum absolute atomic E-state index is 0.00415. The Morgan fingerprint density at radius 3 is 2.44 bits per heavy atom. The molecule has 100 valence electrons. The minimum atomic E-state index is -3.30. The molecule has 1 rings (SSSR count). The van der Waals surface area contributed by atoms with E-state index >= 15 is 0 Å². The summed E-state index contributed by atoms with van der Waals surface area (Å²) in [5.74, 6) is -0.886. The Bertz CT molecular complexity index is 532. The molecule has 0 bridgehead atoms. The Morgan fingerprint density at radius 1 is 1.22 bits per heavy atom. The first-order valence-electron chi connectivity index (χ1n) is 5.85. The number of carboxylic acids is 1. The molecule has 0 heterocycles. The van der Waals surface area contributed by atoms with Gasteiger partial charge in [0, 0.05) is 6.42 Å². The monoisotopic (exact) mass is 270 g/mol. The van der Waals surface area contributed by atoms with Gasteiger partial charge >= 0.3 is 5.97 Å². The summed E-state index contributed by atoms with van der Waals surface area (Å²) in [7, 11) is -3.30. The van der Waals surface area contributed by atoms with Crippen LogP contribution in [-0.4, -0.2) is 25.2 Å². The summed E-state index contributed by atoms with van der Waals surface area (Å²) < 4.78 is 24.1. The van der Waals surface area contributed by atoms with Gasteiger partial charge in [-0.3, -0.25) is 4.79 Å². The smallest absolute Gasteiger partial charge is 0.303 e. The number of unbranched alkanes of at least 4 members (excludes halogenated alkanes) is 1. The summed E-state index contributed by atoms with van der Waals surface area (Å²) in [5, 5.41) is 8.49. The number of carboxylic acid groups (broad SMARTS) is 1. The van der Waals surface area contributed by atoms with Gasteiger partial charge in [-0.15, -0.1) is 0 Å². The summed E-state index contributed by atoms with van der Waals surface area (Å²) in [6.45, 7) is 3.69. The fourth-order valence-electron chi connectivity index (χ4n) is 1.83. The zero-order chi connectivity index (χ0) is 13.8. The Morgan fingerprint density at radius 2 is 1.89 bits per heavy atom. The van der Waals surface area contributed by atoms with Crippen LogP contribution in [0.3, 0.4) is 0 Å². The van der Waals surface area contributed by atoms with Gasteiger partial charge in [0.05, 0.1) is 10.6 Å². The van der Waals surface area contributed by atoms with Crippen molar-refractivity contribution in [2.24, 2.45) is 0 Å². The molecule has 0 aromatic heterocycles. The lowest BCUT2D eigenvalue weighted by Crippen LogP contribution is -2.09. The van der Waals surface area contributed by atoms with Gasteiger partial charge < -0.3 is 5.11 Å². The highest BCUT2D eigenvalue weighted by molar-refractivity contribution is 7.91. The highest BCUT2D eigenvalue weighted by Gasteiger charge is 2.16. The van der Waals surface area contributed by atoms with Gasteiger partial charge in [0.25, 0.3) is 0 Å². The minimum Gasteiger partial charge on any atom is -0.481 e. The molecule has 5 heteroatoms. The quantitative estimate of drug-likeness (QED) is 0.805. The van der Waals surface area contributed by atoms with E-state index in [1.807, 2.05) is 13.0 Å². The molecule has 0 saturated heterocycles. The maximum atomic E-state index is 12.1. The van der Waals surface area contributed by atoms with Crippen molar-refractivity contribution in [2.45, 2.75) is 38.0 Å². The molecule has 0 spiro atoms. The predicted octanol–water partition coefficient (Wildman–Crippen LogP) is 2.33. The Kier molecular flexibility index (Phi) is 4.90. The van der Waals surface area contributed by atoms with Crippen molar-refractivity contribution in [3.8, 4) is 0 Å². The number of rotatable bonds is 6. The normalized spacial score (nSPS) is 11.4.